The molecular formula is C26H29ClN4O3S. The number of likely N-dealkylation sites (N-methyl/N-ethyl adjacent to an activating group) is 1. The van der Waals surface area contributed by atoms with Crippen LogP contribution in [0.2, 0.25) is 5.02 Å². The molecule has 2 aromatic heterocycles. The minimum atomic E-state index is -0.220. The maximum Gasteiger partial charge on any atom is 0.266 e. The van der Waals surface area contributed by atoms with Gasteiger partial charge in [-0.25, -0.2) is 4.98 Å². The number of ether oxygens (including phenoxy) is 1. The van der Waals surface area contributed by atoms with Gasteiger partial charge < -0.3 is 14.2 Å². The number of carbonyl (C=O) groups excluding carboxylic acids is 1. The van der Waals surface area contributed by atoms with Crippen LogP contribution in [0.5, 0.6) is 5.75 Å². The Morgan fingerprint density at radius 2 is 1.86 bits per heavy atom. The third-order valence-electron chi connectivity index (χ3n) is 5.89. The molecule has 4 aromatic rings. The van der Waals surface area contributed by atoms with Gasteiger partial charge in [0.25, 0.3) is 5.91 Å². The summed E-state index contributed by atoms with van der Waals surface area (Å²) in [5.74, 6) is 0.929. The number of para-hydroxylation sites is 1. The molecule has 35 heavy (non-hydrogen) atoms. The standard InChI is InChI=1S/C26H29ClN4O3S/c1-5-30(6-2)15-16-31(26-28-24-20(33-7-3)13-10-14-21(24)35-26)25(32)22-17(4)34-29-23(22)18-11-8-9-12-19(18)27/h8-14H,5-7,15-16H2,1-4H3. The topological polar surface area (TPSA) is 71.7 Å². The number of hydrogen-bond acceptors (Lipinski definition) is 7. The first-order valence-corrected chi connectivity index (χ1v) is 13.0. The van der Waals surface area contributed by atoms with Crippen molar-refractivity contribution in [1.29, 1.82) is 0 Å². The summed E-state index contributed by atoms with van der Waals surface area (Å²) in [4.78, 5) is 22.9. The number of aromatic nitrogens is 2. The first kappa shape index (κ1) is 25.2. The van der Waals surface area contributed by atoms with Gasteiger partial charge in [-0.1, -0.05) is 66.2 Å². The van der Waals surface area contributed by atoms with Crippen molar-refractivity contribution in [3.8, 4) is 17.0 Å². The number of nitrogens with zero attached hydrogens (tertiary/aromatic N) is 4. The van der Waals surface area contributed by atoms with Crippen molar-refractivity contribution in [3.63, 3.8) is 0 Å². The number of hydrogen-bond donors (Lipinski definition) is 0. The van der Waals surface area contributed by atoms with Gasteiger partial charge in [-0.05, 0) is 45.1 Å². The number of benzene rings is 2. The highest BCUT2D eigenvalue weighted by Crippen LogP contribution is 2.37. The van der Waals surface area contributed by atoms with E-state index in [1.165, 1.54) is 11.3 Å². The molecule has 1 amide bonds. The first-order valence-electron chi connectivity index (χ1n) is 11.8. The molecule has 4 rings (SSSR count). The summed E-state index contributed by atoms with van der Waals surface area (Å²) in [6.45, 7) is 11.4. The lowest BCUT2D eigenvalue weighted by Gasteiger charge is -2.24. The largest absolute Gasteiger partial charge is 0.492 e. The summed E-state index contributed by atoms with van der Waals surface area (Å²) in [5, 5.41) is 5.31. The highest BCUT2D eigenvalue weighted by Gasteiger charge is 2.30. The van der Waals surface area contributed by atoms with Crippen LogP contribution in [-0.2, 0) is 0 Å². The molecule has 0 radical (unpaired) electrons. The Kier molecular flexibility index (Phi) is 8.05. The maximum atomic E-state index is 14.1. The van der Waals surface area contributed by atoms with E-state index in [9.17, 15) is 4.79 Å². The lowest BCUT2D eigenvalue weighted by Crippen LogP contribution is -2.39. The van der Waals surface area contributed by atoms with Crippen molar-refractivity contribution in [2.24, 2.45) is 0 Å². The van der Waals surface area contributed by atoms with Gasteiger partial charge in [0.2, 0.25) is 0 Å². The molecule has 0 N–H and O–H groups in total. The molecule has 2 aromatic carbocycles. The summed E-state index contributed by atoms with van der Waals surface area (Å²) in [6.07, 6.45) is 0. The zero-order chi connectivity index (χ0) is 24.9. The summed E-state index contributed by atoms with van der Waals surface area (Å²) in [5.41, 5.74) is 2.23. The molecule has 0 fully saturated rings. The molecule has 0 saturated heterocycles. The Hall–Kier alpha value is -2.94. The van der Waals surface area contributed by atoms with Crippen molar-refractivity contribution >= 4 is 44.2 Å². The van der Waals surface area contributed by atoms with E-state index in [1.807, 2.05) is 43.3 Å². The minimum absolute atomic E-state index is 0.220. The molecule has 7 nitrogen and oxygen atoms in total. The molecule has 0 unspecified atom stereocenters. The molecule has 184 valence electrons. The van der Waals surface area contributed by atoms with Gasteiger partial charge in [-0.15, -0.1) is 0 Å². The third kappa shape index (κ3) is 5.19. The summed E-state index contributed by atoms with van der Waals surface area (Å²) in [6, 6.07) is 13.1. The Labute approximate surface area is 214 Å². The van der Waals surface area contributed by atoms with Crippen LogP contribution < -0.4 is 9.64 Å². The Bertz CT molecular complexity index is 1320. The summed E-state index contributed by atoms with van der Waals surface area (Å²) in [7, 11) is 0. The molecule has 0 atom stereocenters. The molecule has 0 spiro atoms. The highest BCUT2D eigenvalue weighted by molar-refractivity contribution is 7.22. The van der Waals surface area contributed by atoms with Gasteiger partial charge >= 0.3 is 0 Å². The number of thiazole rings is 1. The average Bonchev–Trinajstić information content (AvgIpc) is 3.46. The number of aryl methyl sites for hydroxylation is 1. The first-order chi connectivity index (χ1) is 17.0. The average molecular weight is 513 g/mol. The predicted molar refractivity (Wildman–Crippen MR) is 142 cm³/mol. The number of carbonyl (C=O) groups is 1. The van der Waals surface area contributed by atoms with Crippen LogP contribution in [0.25, 0.3) is 21.5 Å². The normalized spacial score (nSPS) is 11.4. The molecule has 0 aliphatic carbocycles. The van der Waals surface area contributed by atoms with E-state index in [0.29, 0.717) is 58.2 Å². The highest BCUT2D eigenvalue weighted by atomic mass is 35.5. The van der Waals surface area contributed by atoms with E-state index >= 15 is 0 Å². The van der Waals surface area contributed by atoms with Crippen LogP contribution in [0.1, 0.15) is 36.9 Å². The van der Waals surface area contributed by atoms with Gasteiger partial charge in [-0.2, -0.15) is 0 Å². The lowest BCUT2D eigenvalue weighted by atomic mass is 10.1. The molecule has 9 heteroatoms. The van der Waals surface area contributed by atoms with Crippen LogP contribution >= 0.6 is 22.9 Å². The zero-order valence-corrected chi connectivity index (χ0v) is 21.9. The van der Waals surface area contributed by atoms with Crippen LogP contribution in [-0.4, -0.2) is 53.7 Å². The van der Waals surface area contributed by atoms with Crippen LogP contribution in [0.4, 0.5) is 5.13 Å². The monoisotopic (exact) mass is 512 g/mol. The fourth-order valence-electron chi connectivity index (χ4n) is 3.96. The number of rotatable bonds is 10. The molecule has 0 bridgehead atoms. The second kappa shape index (κ2) is 11.2. The Morgan fingerprint density at radius 3 is 2.57 bits per heavy atom. The summed E-state index contributed by atoms with van der Waals surface area (Å²) >= 11 is 7.91. The van der Waals surface area contributed by atoms with E-state index in [1.54, 1.807) is 17.9 Å². The number of anilines is 1. The van der Waals surface area contributed by atoms with Gasteiger partial charge in [0.15, 0.2) is 5.13 Å². The lowest BCUT2D eigenvalue weighted by molar-refractivity contribution is 0.0983. The Morgan fingerprint density at radius 1 is 1.09 bits per heavy atom. The second-order valence-electron chi connectivity index (χ2n) is 7.96. The quantitative estimate of drug-likeness (QED) is 0.248. The second-order valence-corrected chi connectivity index (χ2v) is 9.37. The molecule has 0 aliphatic rings. The van der Waals surface area contributed by atoms with E-state index < -0.39 is 0 Å². The third-order valence-corrected chi connectivity index (χ3v) is 7.26. The van der Waals surface area contributed by atoms with Gasteiger partial charge in [-0.3, -0.25) is 9.69 Å². The fourth-order valence-corrected chi connectivity index (χ4v) is 5.19. The van der Waals surface area contributed by atoms with Gasteiger partial charge in [0, 0.05) is 18.7 Å². The van der Waals surface area contributed by atoms with E-state index in [-0.39, 0.29) is 5.91 Å². The molecule has 0 aliphatic heterocycles. The molecule has 0 saturated carbocycles. The zero-order valence-electron chi connectivity index (χ0n) is 20.4. The predicted octanol–water partition coefficient (Wildman–Crippen LogP) is 6.30. The van der Waals surface area contributed by atoms with Crippen molar-refractivity contribution < 1.29 is 14.1 Å². The number of fused-ring (bicyclic) bond motifs is 1. The number of amides is 1. The summed E-state index contributed by atoms with van der Waals surface area (Å²) < 4.78 is 12.2. The fraction of sp³-hybridized carbons (Fsp3) is 0.346. The van der Waals surface area contributed by atoms with Gasteiger partial charge in [0.05, 0.1) is 16.3 Å². The minimum Gasteiger partial charge on any atom is -0.492 e. The van der Waals surface area contributed by atoms with E-state index in [0.717, 1.165) is 23.3 Å². The van der Waals surface area contributed by atoms with Crippen molar-refractivity contribution in [3.05, 3.63) is 58.8 Å². The van der Waals surface area contributed by atoms with Crippen molar-refractivity contribution in [1.82, 2.24) is 15.0 Å². The van der Waals surface area contributed by atoms with Gasteiger partial charge in [0.1, 0.15) is 28.3 Å². The SMILES string of the molecule is CCOc1cccc2sc(N(CCN(CC)CC)C(=O)c3c(-c4ccccc4Cl)noc3C)nc12. The van der Waals surface area contributed by atoms with Crippen molar-refractivity contribution in [2.75, 3.05) is 37.7 Å². The Balaban J connectivity index is 1.79. The number of halogens is 1. The maximum absolute atomic E-state index is 14.1. The van der Waals surface area contributed by atoms with E-state index in [2.05, 4.69) is 23.9 Å². The smallest absolute Gasteiger partial charge is 0.266 e. The van der Waals surface area contributed by atoms with Crippen LogP contribution in [0.3, 0.4) is 0 Å². The van der Waals surface area contributed by atoms with Crippen LogP contribution in [0, 0.1) is 6.92 Å². The van der Waals surface area contributed by atoms with Crippen molar-refractivity contribution in [2.45, 2.75) is 27.7 Å². The van der Waals surface area contributed by atoms with E-state index in [4.69, 9.17) is 25.8 Å². The molecule has 2 heterocycles. The molecular weight excluding hydrogens is 484 g/mol. The van der Waals surface area contributed by atoms with Crippen LogP contribution in [0.15, 0.2) is 47.0 Å².